The molecule has 0 fully saturated rings. The van der Waals surface area contributed by atoms with Gasteiger partial charge in [-0.05, 0) is 24.6 Å². The highest BCUT2D eigenvalue weighted by Crippen LogP contribution is 2.15. The topological polar surface area (TPSA) is 70.2 Å². The van der Waals surface area contributed by atoms with Gasteiger partial charge in [-0.3, -0.25) is 9.59 Å². The lowest BCUT2D eigenvalue weighted by atomic mass is 10.1. The fraction of sp³-hybridized carbons (Fsp3) is 0.429. The molecule has 0 radical (unpaired) electrons. The van der Waals surface area contributed by atoms with Crippen LogP contribution in [0.2, 0.25) is 0 Å². The summed E-state index contributed by atoms with van der Waals surface area (Å²) in [5, 5.41) is 8.07. The Kier molecular flexibility index (Phi) is 6.74. The van der Waals surface area contributed by atoms with Crippen LogP contribution in [0.3, 0.4) is 0 Å². The van der Waals surface area contributed by atoms with Crippen molar-refractivity contribution in [3.63, 3.8) is 0 Å². The molecule has 0 aliphatic carbocycles. The van der Waals surface area contributed by atoms with Crippen LogP contribution in [0.25, 0.3) is 0 Å². The Hall–Kier alpha value is -2.02. The summed E-state index contributed by atoms with van der Waals surface area (Å²) in [6, 6.07) is 3.32. The SMILES string of the molecule is CC(=O)NCCNC(=O)CNC(C)c1ccc(F)c(F)c1. The van der Waals surface area contributed by atoms with E-state index >= 15 is 0 Å². The minimum atomic E-state index is -0.916. The van der Waals surface area contributed by atoms with Gasteiger partial charge in [-0.2, -0.15) is 0 Å². The summed E-state index contributed by atoms with van der Waals surface area (Å²) in [6.07, 6.45) is 0. The van der Waals surface area contributed by atoms with Crippen molar-refractivity contribution in [3.8, 4) is 0 Å². The van der Waals surface area contributed by atoms with Crippen LogP contribution < -0.4 is 16.0 Å². The first kappa shape index (κ1) is 17.0. The number of amides is 2. The van der Waals surface area contributed by atoms with Gasteiger partial charge < -0.3 is 16.0 Å². The average Bonchev–Trinajstić information content (AvgIpc) is 2.43. The zero-order valence-corrected chi connectivity index (χ0v) is 12.0. The second-order valence-electron chi connectivity index (χ2n) is 4.61. The molecule has 21 heavy (non-hydrogen) atoms. The number of rotatable bonds is 7. The van der Waals surface area contributed by atoms with Crippen LogP contribution in [0.5, 0.6) is 0 Å². The highest BCUT2D eigenvalue weighted by atomic mass is 19.2. The molecule has 1 unspecified atom stereocenters. The van der Waals surface area contributed by atoms with Gasteiger partial charge in [0.2, 0.25) is 11.8 Å². The number of hydrogen-bond donors (Lipinski definition) is 3. The maximum atomic E-state index is 13.1. The Morgan fingerprint density at radius 2 is 1.81 bits per heavy atom. The van der Waals surface area contributed by atoms with E-state index in [1.54, 1.807) is 6.92 Å². The maximum absolute atomic E-state index is 13.1. The predicted molar refractivity (Wildman–Crippen MR) is 74.5 cm³/mol. The molecule has 5 nitrogen and oxygen atoms in total. The lowest BCUT2D eigenvalue weighted by Gasteiger charge is -2.14. The molecule has 0 heterocycles. The molecule has 1 atom stereocenters. The molecule has 3 N–H and O–H groups in total. The molecule has 0 aliphatic rings. The number of halogens is 2. The van der Waals surface area contributed by atoms with Gasteiger partial charge >= 0.3 is 0 Å². The maximum Gasteiger partial charge on any atom is 0.234 e. The van der Waals surface area contributed by atoms with E-state index < -0.39 is 11.6 Å². The Bertz CT molecular complexity index is 509. The standard InChI is InChI=1S/C14H19F2N3O2/c1-9(11-3-4-12(15)13(16)7-11)19-8-14(21)18-6-5-17-10(2)20/h3-4,7,9,19H,5-6,8H2,1-2H3,(H,17,20)(H,18,21). The second-order valence-corrected chi connectivity index (χ2v) is 4.61. The molecule has 7 heteroatoms. The Morgan fingerprint density at radius 1 is 1.14 bits per heavy atom. The minimum absolute atomic E-state index is 0.0419. The van der Waals surface area contributed by atoms with Crippen molar-refractivity contribution in [2.24, 2.45) is 0 Å². The molecule has 1 rings (SSSR count). The summed E-state index contributed by atoms with van der Waals surface area (Å²) in [7, 11) is 0. The first-order chi connectivity index (χ1) is 9.90. The van der Waals surface area contributed by atoms with Crippen LogP contribution in [0.15, 0.2) is 18.2 Å². The molecule has 1 aromatic carbocycles. The fourth-order valence-corrected chi connectivity index (χ4v) is 1.65. The first-order valence-corrected chi connectivity index (χ1v) is 6.59. The summed E-state index contributed by atoms with van der Waals surface area (Å²) >= 11 is 0. The molecule has 0 saturated carbocycles. The second kappa shape index (κ2) is 8.31. The normalized spacial score (nSPS) is 11.8. The molecule has 0 saturated heterocycles. The van der Waals surface area contributed by atoms with Crippen molar-refractivity contribution >= 4 is 11.8 Å². The predicted octanol–water partition coefficient (Wildman–Crippen LogP) is 0.868. The number of carbonyl (C=O) groups is 2. The van der Waals surface area contributed by atoms with Crippen LogP contribution in [-0.4, -0.2) is 31.4 Å². The molecule has 1 aromatic rings. The van der Waals surface area contributed by atoms with E-state index in [0.717, 1.165) is 12.1 Å². The van der Waals surface area contributed by atoms with Crippen molar-refractivity contribution < 1.29 is 18.4 Å². The summed E-state index contributed by atoms with van der Waals surface area (Å²) in [6.45, 7) is 3.88. The number of nitrogens with one attached hydrogen (secondary N) is 3. The molecular weight excluding hydrogens is 280 g/mol. The molecule has 0 aromatic heterocycles. The third kappa shape index (κ3) is 6.31. The van der Waals surface area contributed by atoms with Gasteiger partial charge in [-0.1, -0.05) is 6.07 Å². The van der Waals surface area contributed by atoms with E-state index in [1.165, 1.54) is 13.0 Å². The zero-order chi connectivity index (χ0) is 15.8. The Labute approximate surface area is 122 Å². The molecule has 0 aliphatic heterocycles. The van der Waals surface area contributed by atoms with Gasteiger partial charge in [-0.25, -0.2) is 8.78 Å². The van der Waals surface area contributed by atoms with Crippen molar-refractivity contribution in [1.82, 2.24) is 16.0 Å². The minimum Gasteiger partial charge on any atom is -0.355 e. The van der Waals surface area contributed by atoms with E-state index in [-0.39, 0.29) is 24.4 Å². The highest BCUT2D eigenvalue weighted by molar-refractivity contribution is 5.78. The fourth-order valence-electron chi connectivity index (χ4n) is 1.65. The molecular formula is C14H19F2N3O2. The first-order valence-electron chi connectivity index (χ1n) is 6.59. The highest BCUT2D eigenvalue weighted by Gasteiger charge is 2.10. The summed E-state index contributed by atoms with van der Waals surface area (Å²) < 4.78 is 25.9. The number of carbonyl (C=O) groups excluding carboxylic acids is 2. The Balaban J connectivity index is 2.31. The van der Waals surface area contributed by atoms with E-state index in [2.05, 4.69) is 16.0 Å². The zero-order valence-electron chi connectivity index (χ0n) is 12.0. The van der Waals surface area contributed by atoms with Crippen LogP contribution >= 0.6 is 0 Å². The van der Waals surface area contributed by atoms with Crippen LogP contribution in [0.1, 0.15) is 25.5 Å². The van der Waals surface area contributed by atoms with E-state index in [9.17, 15) is 18.4 Å². The quantitative estimate of drug-likeness (QED) is 0.654. The molecule has 0 bridgehead atoms. The lowest BCUT2D eigenvalue weighted by Crippen LogP contribution is -2.39. The summed E-state index contributed by atoms with van der Waals surface area (Å²) in [5.74, 6) is -2.22. The smallest absolute Gasteiger partial charge is 0.234 e. The van der Waals surface area contributed by atoms with Crippen molar-refractivity contribution in [1.29, 1.82) is 0 Å². The van der Waals surface area contributed by atoms with E-state index in [1.807, 2.05) is 0 Å². The van der Waals surface area contributed by atoms with Gasteiger partial charge in [0.15, 0.2) is 11.6 Å². The van der Waals surface area contributed by atoms with Gasteiger partial charge in [0.05, 0.1) is 6.54 Å². The summed E-state index contributed by atoms with van der Waals surface area (Å²) in [5.41, 5.74) is 0.556. The van der Waals surface area contributed by atoms with Crippen LogP contribution in [0.4, 0.5) is 8.78 Å². The largest absolute Gasteiger partial charge is 0.355 e. The Morgan fingerprint density at radius 3 is 2.43 bits per heavy atom. The van der Waals surface area contributed by atoms with Crippen LogP contribution in [0, 0.1) is 11.6 Å². The van der Waals surface area contributed by atoms with Crippen molar-refractivity contribution in [3.05, 3.63) is 35.4 Å². The number of benzene rings is 1. The van der Waals surface area contributed by atoms with Crippen molar-refractivity contribution in [2.75, 3.05) is 19.6 Å². The van der Waals surface area contributed by atoms with Crippen molar-refractivity contribution in [2.45, 2.75) is 19.9 Å². The third-order valence-electron chi connectivity index (χ3n) is 2.83. The van der Waals surface area contributed by atoms with E-state index in [0.29, 0.717) is 18.7 Å². The van der Waals surface area contributed by atoms with Gasteiger partial charge in [0, 0.05) is 26.1 Å². The van der Waals surface area contributed by atoms with Crippen LogP contribution in [-0.2, 0) is 9.59 Å². The molecule has 116 valence electrons. The van der Waals surface area contributed by atoms with Gasteiger partial charge in [-0.15, -0.1) is 0 Å². The number of hydrogen-bond acceptors (Lipinski definition) is 3. The monoisotopic (exact) mass is 299 g/mol. The molecule has 2 amide bonds. The molecule has 0 spiro atoms. The average molecular weight is 299 g/mol. The lowest BCUT2D eigenvalue weighted by molar-refractivity contribution is -0.121. The third-order valence-corrected chi connectivity index (χ3v) is 2.83. The van der Waals surface area contributed by atoms with Gasteiger partial charge in [0.25, 0.3) is 0 Å². The van der Waals surface area contributed by atoms with E-state index in [4.69, 9.17) is 0 Å². The summed E-state index contributed by atoms with van der Waals surface area (Å²) in [4.78, 5) is 22.1. The van der Waals surface area contributed by atoms with Gasteiger partial charge in [0.1, 0.15) is 0 Å².